The predicted octanol–water partition coefficient (Wildman–Crippen LogP) is 4.27. The lowest BCUT2D eigenvalue weighted by Gasteiger charge is -2.04. The molecular formula is C13H12ClNOS. The summed E-state index contributed by atoms with van der Waals surface area (Å²) in [7, 11) is 0. The van der Waals surface area contributed by atoms with Gasteiger partial charge in [-0.05, 0) is 49.7 Å². The van der Waals surface area contributed by atoms with Gasteiger partial charge in [-0.1, -0.05) is 11.6 Å². The molecule has 1 N–H and O–H groups in total. The number of carbonyl (C=O) groups excluding carboxylic acids is 1. The molecule has 0 bridgehead atoms. The van der Waals surface area contributed by atoms with Crippen LogP contribution in [0.15, 0.2) is 30.3 Å². The molecule has 0 aliphatic carbocycles. The lowest BCUT2D eigenvalue weighted by molar-refractivity contribution is 0.103. The minimum atomic E-state index is -0.0667. The second kappa shape index (κ2) is 4.90. The highest BCUT2D eigenvalue weighted by Crippen LogP contribution is 2.22. The van der Waals surface area contributed by atoms with Crippen LogP contribution in [0.4, 0.5) is 5.69 Å². The number of halogens is 1. The van der Waals surface area contributed by atoms with Gasteiger partial charge in [-0.15, -0.1) is 11.3 Å². The van der Waals surface area contributed by atoms with Crippen molar-refractivity contribution in [2.75, 3.05) is 5.32 Å². The molecule has 2 rings (SSSR count). The van der Waals surface area contributed by atoms with Crippen LogP contribution >= 0.6 is 22.9 Å². The van der Waals surface area contributed by atoms with Crippen LogP contribution < -0.4 is 5.32 Å². The van der Waals surface area contributed by atoms with Crippen LogP contribution in [0.1, 0.15) is 20.1 Å². The molecule has 0 aliphatic rings. The summed E-state index contributed by atoms with van der Waals surface area (Å²) in [5.41, 5.74) is 1.77. The molecule has 88 valence electrons. The van der Waals surface area contributed by atoms with Gasteiger partial charge >= 0.3 is 0 Å². The second-order valence-electron chi connectivity index (χ2n) is 3.83. The van der Waals surface area contributed by atoms with Crippen molar-refractivity contribution in [3.63, 3.8) is 0 Å². The number of hydrogen-bond acceptors (Lipinski definition) is 2. The molecule has 0 atom stereocenters. The summed E-state index contributed by atoms with van der Waals surface area (Å²) in [6.45, 7) is 3.94. The number of benzene rings is 1. The van der Waals surface area contributed by atoms with Crippen molar-refractivity contribution in [1.29, 1.82) is 0 Å². The lowest BCUT2D eigenvalue weighted by atomic mass is 10.2. The van der Waals surface area contributed by atoms with E-state index in [1.165, 1.54) is 11.3 Å². The number of rotatable bonds is 2. The van der Waals surface area contributed by atoms with Crippen molar-refractivity contribution in [3.05, 3.63) is 50.7 Å². The largest absolute Gasteiger partial charge is 0.321 e. The van der Waals surface area contributed by atoms with Crippen LogP contribution in [0.2, 0.25) is 5.02 Å². The maximum atomic E-state index is 12.0. The first-order valence-electron chi connectivity index (χ1n) is 5.20. The number of amides is 1. The van der Waals surface area contributed by atoms with Crippen molar-refractivity contribution < 1.29 is 4.79 Å². The molecule has 0 spiro atoms. The van der Waals surface area contributed by atoms with E-state index in [2.05, 4.69) is 5.32 Å². The maximum absolute atomic E-state index is 12.0. The molecule has 1 heterocycles. The molecule has 2 aromatic rings. The van der Waals surface area contributed by atoms with E-state index >= 15 is 0 Å². The number of hydrogen-bond donors (Lipinski definition) is 1. The molecule has 17 heavy (non-hydrogen) atoms. The summed E-state index contributed by atoms with van der Waals surface area (Å²) in [4.78, 5) is 13.9. The summed E-state index contributed by atoms with van der Waals surface area (Å²) in [6.07, 6.45) is 0. The molecule has 2 nitrogen and oxygen atoms in total. The van der Waals surface area contributed by atoms with E-state index in [1.54, 1.807) is 24.3 Å². The van der Waals surface area contributed by atoms with Gasteiger partial charge in [0.15, 0.2) is 0 Å². The molecule has 0 radical (unpaired) electrons. The zero-order chi connectivity index (χ0) is 12.4. The molecule has 1 aromatic carbocycles. The molecule has 0 fully saturated rings. The summed E-state index contributed by atoms with van der Waals surface area (Å²) in [5, 5.41) is 3.51. The van der Waals surface area contributed by atoms with Crippen molar-refractivity contribution in [3.8, 4) is 0 Å². The van der Waals surface area contributed by atoms with Gasteiger partial charge < -0.3 is 5.32 Å². The number of aryl methyl sites for hydroxylation is 2. The third kappa shape index (κ3) is 2.87. The highest BCUT2D eigenvalue weighted by molar-refractivity contribution is 7.14. The van der Waals surface area contributed by atoms with E-state index in [9.17, 15) is 4.79 Å². The molecule has 0 aliphatic heterocycles. The maximum Gasteiger partial charge on any atom is 0.266 e. The Morgan fingerprint density at radius 3 is 2.41 bits per heavy atom. The van der Waals surface area contributed by atoms with Gasteiger partial charge in [-0.3, -0.25) is 4.79 Å². The molecular weight excluding hydrogens is 254 g/mol. The van der Waals surface area contributed by atoms with Crippen molar-refractivity contribution >= 4 is 34.5 Å². The fourth-order valence-corrected chi connectivity index (χ4v) is 2.64. The molecule has 0 saturated carbocycles. The Morgan fingerprint density at radius 1 is 1.24 bits per heavy atom. The first kappa shape index (κ1) is 12.1. The lowest BCUT2D eigenvalue weighted by Crippen LogP contribution is -2.11. The molecule has 0 saturated heterocycles. The van der Waals surface area contributed by atoms with Crippen molar-refractivity contribution in [2.24, 2.45) is 0 Å². The summed E-state index contributed by atoms with van der Waals surface area (Å²) in [6, 6.07) is 9.10. The van der Waals surface area contributed by atoms with E-state index in [1.807, 2.05) is 19.9 Å². The minimum Gasteiger partial charge on any atom is -0.321 e. The highest BCUT2D eigenvalue weighted by atomic mass is 35.5. The van der Waals surface area contributed by atoms with Gasteiger partial charge in [0.2, 0.25) is 0 Å². The van der Waals surface area contributed by atoms with Crippen LogP contribution in [0.3, 0.4) is 0 Å². The fourth-order valence-electron chi connectivity index (χ4n) is 1.59. The zero-order valence-corrected chi connectivity index (χ0v) is 11.2. The van der Waals surface area contributed by atoms with E-state index in [-0.39, 0.29) is 5.91 Å². The third-order valence-corrected chi connectivity index (χ3v) is 3.75. The topological polar surface area (TPSA) is 29.1 Å². The predicted molar refractivity (Wildman–Crippen MR) is 73.2 cm³/mol. The number of anilines is 1. The average Bonchev–Trinajstić information content (AvgIpc) is 2.61. The molecule has 4 heteroatoms. The van der Waals surface area contributed by atoms with Crippen LogP contribution in [0, 0.1) is 13.8 Å². The Hall–Kier alpha value is -1.32. The normalized spacial score (nSPS) is 10.3. The van der Waals surface area contributed by atoms with E-state index < -0.39 is 0 Å². The van der Waals surface area contributed by atoms with Crippen LogP contribution in [0.5, 0.6) is 0 Å². The Morgan fingerprint density at radius 2 is 1.88 bits per heavy atom. The number of nitrogens with one attached hydrogen (secondary N) is 1. The Labute approximate surface area is 109 Å². The van der Waals surface area contributed by atoms with Gasteiger partial charge in [-0.25, -0.2) is 0 Å². The van der Waals surface area contributed by atoms with Crippen LogP contribution in [0.25, 0.3) is 0 Å². The monoisotopic (exact) mass is 265 g/mol. The summed E-state index contributed by atoms with van der Waals surface area (Å²) < 4.78 is 0. The van der Waals surface area contributed by atoms with Crippen LogP contribution in [-0.4, -0.2) is 5.91 Å². The SMILES string of the molecule is Cc1cc(C)c(C(=O)Nc2ccc(Cl)cc2)s1. The number of carbonyl (C=O) groups is 1. The Bertz CT molecular complexity index is 545. The quantitative estimate of drug-likeness (QED) is 0.863. The minimum absolute atomic E-state index is 0.0667. The standard InChI is InChI=1S/C13H12ClNOS/c1-8-7-9(2)17-12(8)13(16)15-11-5-3-10(14)4-6-11/h3-7H,1-2H3,(H,15,16). The van der Waals surface area contributed by atoms with Gasteiger partial charge in [0.25, 0.3) is 5.91 Å². The zero-order valence-electron chi connectivity index (χ0n) is 9.58. The third-order valence-electron chi connectivity index (χ3n) is 2.35. The van der Waals surface area contributed by atoms with Gasteiger partial charge in [0.05, 0.1) is 4.88 Å². The first-order chi connectivity index (χ1) is 8.06. The van der Waals surface area contributed by atoms with Gasteiger partial charge in [0.1, 0.15) is 0 Å². The van der Waals surface area contributed by atoms with Gasteiger partial charge in [-0.2, -0.15) is 0 Å². The molecule has 1 aromatic heterocycles. The van der Waals surface area contributed by atoms with Crippen LogP contribution in [-0.2, 0) is 0 Å². The van der Waals surface area contributed by atoms with E-state index in [4.69, 9.17) is 11.6 Å². The van der Waals surface area contributed by atoms with E-state index in [0.717, 1.165) is 21.0 Å². The molecule has 1 amide bonds. The number of thiophene rings is 1. The average molecular weight is 266 g/mol. The Balaban J connectivity index is 2.17. The van der Waals surface area contributed by atoms with Gasteiger partial charge in [0, 0.05) is 15.6 Å². The fraction of sp³-hybridized carbons (Fsp3) is 0.154. The first-order valence-corrected chi connectivity index (χ1v) is 6.39. The van der Waals surface area contributed by atoms with E-state index in [0.29, 0.717) is 5.02 Å². The Kier molecular flexibility index (Phi) is 3.50. The highest BCUT2D eigenvalue weighted by Gasteiger charge is 2.12. The van der Waals surface area contributed by atoms with Crippen molar-refractivity contribution in [2.45, 2.75) is 13.8 Å². The van der Waals surface area contributed by atoms with Crippen molar-refractivity contribution in [1.82, 2.24) is 0 Å². The summed E-state index contributed by atoms with van der Waals surface area (Å²) in [5.74, 6) is -0.0667. The smallest absolute Gasteiger partial charge is 0.266 e. The second-order valence-corrected chi connectivity index (χ2v) is 5.52. The molecule has 0 unspecified atom stereocenters. The summed E-state index contributed by atoms with van der Waals surface area (Å²) >= 11 is 7.29.